The lowest BCUT2D eigenvalue weighted by molar-refractivity contribution is 0.0771. The first-order valence-electron chi connectivity index (χ1n) is 5.17. The first kappa shape index (κ1) is 12.9. The Hall–Kier alpha value is -0.580. The summed E-state index contributed by atoms with van der Waals surface area (Å²) in [5, 5.41) is 0.862. The highest BCUT2D eigenvalue weighted by Crippen LogP contribution is 2.22. The molecule has 17 heavy (non-hydrogen) atoms. The van der Waals surface area contributed by atoms with Gasteiger partial charge in [0.1, 0.15) is 0 Å². The van der Waals surface area contributed by atoms with Crippen molar-refractivity contribution >= 4 is 39.9 Å². The molecule has 0 N–H and O–H groups in total. The van der Waals surface area contributed by atoms with Crippen LogP contribution < -0.4 is 0 Å². The molecule has 0 bridgehead atoms. The Morgan fingerprint density at radius 2 is 1.88 bits per heavy atom. The Bertz CT molecular complexity index is 469. The summed E-state index contributed by atoms with van der Waals surface area (Å²) >= 11 is 11.8. The summed E-state index contributed by atoms with van der Waals surface area (Å²) in [5.41, 5.74) is 0.448. The first-order valence-corrected chi connectivity index (χ1v) is 7.41. The zero-order valence-electron chi connectivity index (χ0n) is 8.99. The quantitative estimate of drug-likeness (QED) is 0.795. The van der Waals surface area contributed by atoms with Crippen molar-refractivity contribution in [1.29, 1.82) is 0 Å². The molecule has 1 aliphatic rings. The number of rotatable bonds is 1. The van der Waals surface area contributed by atoms with Crippen LogP contribution in [0.3, 0.4) is 0 Å². The summed E-state index contributed by atoms with van der Waals surface area (Å²) in [6.07, 6.45) is 0. The number of carbonyl (C=O) groups is 1. The molecule has 2 rings (SSSR count). The van der Waals surface area contributed by atoms with Gasteiger partial charge in [0.15, 0.2) is 0 Å². The van der Waals surface area contributed by atoms with Gasteiger partial charge in [-0.3, -0.25) is 9.00 Å². The van der Waals surface area contributed by atoms with Crippen LogP contribution in [0.4, 0.5) is 0 Å². The summed E-state index contributed by atoms with van der Waals surface area (Å²) in [5.74, 6) is 0.955. The molecule has 0 unspecified atom stereocenters. The predicted molar refractivity (Wildman–Crippen MR) is 70.2 cm³/mol. The zero-order chi connectivity index (χ0) is 12.4. The largest absolute Gasteiger partial charge is 0.337 e. The molecule has 1 saturated heterocycles. The van der Waals surface area contributed by atoms with Crippen LogP contribution >= 0.6 is 23.2 Å². The lowest BCUT2D eigenvalue weighted by atomic mass is 10.2. The molecular formula is C11H11Cl2NO2S. The SMILES string of the molecule is O=C(c1ccc(Cl)cc1Cl)N1CCS(=O)CC1. The monoisotopic (exact) mass is 291 g/mol. The van der Waals surface area contributed by atoms with E-state index in [1.54, 1.807) is 23.1 Å². The van der Waals surface area contributed by atoms with Gasteiger partial charge in [-0.15, -0.1) is 0 Å². The van der Waals surface area contributed by atoms with Gasteiger partial charge >= 0.3 is 0 Å². The molecule has 92 valence electrons. The average Bonchev–Trinajstić information content (AvgIpc) is 2.29. The molecular weight excluding hydrogens is 281 g/mol. The van der Waals surface area contributed by atoms with Crippen LogP contribution in [0.5, 0.6) is 0 Å². The third-order valence-electron chi connectivity index (χ3n) is 2.63. The van der Waals surface area contributed by atoms with E-state index < -0.39 is 10.8 Å². The summed E-state index contributed by atoms with van der Waals surface area (Å²) in [7, 11) is -0.791. The number of halogens is 2. The molecule has 1 aromatic carbocycles. The normalized spacial score (nSPS) is 17.2. The molecule has 0 atom stereocenters. The van der Waals surface area contributed by atoms with E-state index in [1.165, 1.54) is 0 Å². The minimum Gasteiger partial charge on any atom is -0.337 e. The van der Waals surface area contributed by atoms with Gasteiger partial charge in [0, 0.05) is 40.4 Å². The van der Waals surface area contributed by atoms with E-state index in [1.807, 2.05) is 0 Å². The van der Waals surface area contributed by atoms with Gasteiger partial charge < -0.3 is 4.90 Å². The Balaban J connectivity index is 2.16. The molecule has 0 radical (unpaired) electrons. The maximum atomic E-state index is 12.1. The topological polar surface area (TPSA) is 37.4 Å². The van der Waals surface area contributed by atoms with Gasteiger partial charge in [-0.05, 0) is 18.2 Å². The molecule has 0 saturated carbocycles. The lowest BCUT2D eigenvalue weighted by Gasteiger charge is -2.26. The summed E-state index contributed by atoms with van der Waals surface area (Å²) in [4.78, 5) is 13.8. The van der Waals surface area contributed by atoms with E-state index >= 15 is 0 Å². The molecule has 1 aliphatic heterocycles. The Morgan fingerprint density at radius 1 is 1.24 bits per heavy atom. The van der Waals surface area contributed by atoms with Crippen molar-refractivity contribution in [3.05, 3.63) is 33.8 Å². The maximum absolute atomic E-state index is 12.1. The number of hydrogen-bond donors (Lipinski definition) is 0. The van der Waals surface area contributed by atoms with E-state index in [0.29, 0.717) is 40.2 Å². The second-order valence-corrected chi connectivity index (χ2v) is 6.30. The number of nitrogens with zero attached hydrogens (tertiary/aromatic N) is 1. The van der Waals surface area contributed by atoms with Crippen molar-refractivity contribution in [2.75, 3.05) is 24.6 Å². The molecule has 1 fully saturated rings. The highest BCUT2D eigenvalue weighted by Gasteiger charge is 2.22. The van der Waals surface area contributed by atoms with Crippen molar-refractivity contribution in [3.63, 3.8) is 0 Å². The fourth-order valence-electron chi connectivity index (χ4n) is 1.67. The Kier molecular flexibility index (Phi) is 4.07. The molecule has 6 heteroatoms. The van der Waals surface area contributed by atoms with Crippen molar-refractivity contribution in [2.24, 2.45) is 0 Å². The molecule has 1 amide bonds. The number of amides is 1. The summed E-state index contributed by atoms with van der Waals surface area (Å²) in [6.45, 7) is 1.04. The van der Waals surface area contributed by atoms with Gasteiger partial charge in [-0.1, -0.05) is 23.2 Å². The van der Waals surface area contributed by atoms with E-state index in [9.17, 15) is 9.00 Å². The Labute approximate surface area is 112 Å². The highest BCUT2D eigenvalue weighted by molar-refractivity contribution is 7.85. The fourth-order valence-corrected chi connectivity index (χ4v) is 3.22. The second-order valence-electron chi connectivity index (χ2n) is 3.76. The maximum Gasteiger partial charge on any atom is 0.255 e. The third-order valence-corrected chi connectivity index (χ3v) is 4.45. The van der Waals surface area contributed by atoms with Crippen molar-refractivity contribution < 1.29 is 9.00 Å². The van der Waals surface area contributed by atoms with Gasteiger partial charge in [0.2, 0.25) is 0 Å². The van der Waals surface area contributed by atoms with Crippen LogP contribution in [0, 0.1) is 0 Å². The van der Waals surface area contributed by atoms with Crippen LogP contribution in [0.15, 0.2) is 18.2 Å². The third kappa shape index (κ3) is 3.00. The number of hydrogen-bond acceptors (Lipinski definition) is 2. The van der Waals surface area contributed by atoms with Gasteiger partial charge in [0.25, 0.3) is 5.91 Å². The number of benzene rings is 1. The van der Waals surface area contributed by atoms with Crippen LogP contribution in [-0.4, -0.2) is 39.6 Å². The lowest BCUT2D eigenvalue weighted by Crippen LogP contribution is -2.41. The van der Waals surface area contributed by atoms with Gasteiger partial charge in [-0.25, -0.2) is 0 Å². The summed E-state index contributed by atoms with van der Waals surface area (Å²) in [6, 6.07) is 4.82. The minimum atomic E-state index is -0.791. The van der Waals surface area contributed by atoms with Crippen LogP contribution in [0.1, 0.15) is 10.4 Å². The smallest absolute Gasteiger partial charge is 0.255 e. The van der Waals surface area contributed by atoms with E-state index in [-0.39, 0.29) is 5.91 Å². The van der Waals surface area contributed by atoms with Crippen LogP contribution in [0.2, 0.25) is 10.0 Å². The van der Waals surface area contributed by atoms with Crippen LogP contribution in [-0.2, 0) is 10.8 Å². The van der Waals surface area contributed by atoms with Crippen LogP contribution in [0.25, 0.3) is 0 Å². The highest BCUT2D eigenvalue weighted by atomic mass is 35.5. The molecule has 0 aromatic heterocycles. The standard InChI is InChI=1S/C11H11Cl2NO2S/c12-8-1-2-9(10(13)7-8)11(15)14-3-5-17(16)6-4-14/h1-2,7H,3-6H2. The van der Waals surface area contributed by atoms with E-state index in [0.717, 1.165) is 0 Å². The van der Waals surface area contributed by atoms with Crippen molar-refractivity contribution in [2.45, 2.75) is 0 Å². The molecule has 0 aliphatic carbocycles. The summed E-state index contributed by atoms with van der Waals surface area (Å²) < 4.78 is 11.2. The molecule has 0 spiro atoms. The number of carbonyl (C=O) groups excluding carboxylic acids is 1. The second kappa shape index (κ2) is 5.38. The van der Waals surface area contributed by atoms with Gasteiger partial charge in [0.05, 0.1) is 10.6 Å². The predicted octanol–water partition coefficient (Wildman–Crippen LogP) is 2.20. The molecule has 1 heterocycles. The van der Waals surface area contributed by atoms with Gasteiger partial charge in [-0.2, -0.15) is 0 Å². The zero-order valence-corrected chi connectivity index (χ0v) is 11.3. The van der Waals surface area contributed by atoms with Crippen molar-refractivity contribution in [3.8, 4) is 0 Å². The van der Waals surface area contributed by atoms with Crippen molar-refractivity contribution in [1.82, 2.24) is 4.90 Å². The fraction of sp³-hybridized carbons (Fsp3) is 0.364. The first-order chi connectivity index (χ1) is 8.08. The average molecular weight is 292 g/mol. The molecule has 3 nitrogen and oxygen atoms in total. The van der Waals surface area contributed by atoms with E-state index in [4.69, 9.17) is 23.2 Å². The van der Waals surface area contributed by atoms with E-state index in [2.05, 4.69) is 0 Å². The Morgan fingerprint density at radius 3 is 2.47 bits per heavy atom. The molecule has 1 aromatic rings. The minimum absolute atomic E-state index is 0.122.